The summed E-state index contributed by atoms with van der Waals surface area (Å²) in [6.07, 6.45) is 0.976. The lowest BCUT2D eigenvalue weighted by molar-refractivity contribution is -0.385. The second-order valence-corrected chi connectivity index (χ2v) is 7.69. The van der Waals surface area contributed by atoms with Crippen LogP contribution in [0.2, 0.25) is 0 Å². The molecule has 0 aliphatic carbocycles. The van der Waals surface area contributed by atoms with E-state index in [0.29, 0.717) is 18.4 Å². The van der Waals surface area contributed by atoms with Gasteiger partial charge in [0, 0.05) is 18.4 Å². The summed E-state index contributed by atoms with van der Waals surface area (Å²) in [4.78, 5) is 21.0. The van der Waals surface area contributed by atoms with E-state index in [9.17, 15) is 19.5 Å². The molecule has 0 heterocycles. The predicted octanol–water partition coefficient (Wildman–Crippen LogP) is 2.10. The Labute approximate surface area is 134 Å². The molecule has 0 saturated carbocycles. The van der Waals surface area contributed by atoms with Crippen molar-refractivity contribution in [1.29, 1.82) is 0 Å². The zero-order valence-electron chi connectivity index (χ0n) is 12.6. The molecular weight excluding hydrogens is 328 g/mol. The summed E-state index contributed by atoms with van der Waals surface area (Å²) < 4.78 is 18.7. The van der Waals surface area contributed by atoms with Gasteiger partial charge in [-0.15, -0.1) is 0 Å². The summed E-state index contributed by atoms with van der Waals surface area (Å²) in [5.41, 5.74) is 0.162. The van der Waals surface area contributed by atoms with Gasteiger partial charge >= 0.3 is 6.09 Å². The number of rotatable bonds is 8. The minimum atomic E-state index is -3.11. The van der Waals surface area contributed by atoms with E-state index in [-0.39, 0.29) is 30.4 Å². The molecule has 3 N–H and O–H groups in total. The van der Waals surface area contributed by atoms with Gasteiger partial charge in [0.1, 0.15) is 5.75 Å². The number of carboxylic acid groups (broad SMARTS) is 1. The summed E-state index contributed by atoms with van der Waals surface area (Å²) in [7, 11) is -3.11. The van der Waals surface area contributed by atoms with Gasteiger partial charge in [-0.2, -0.15) is 4.36 Å². The average molecular weight is 348 g/mol. The molecule has 0 fully saturated rings. The van der Waals surface area contributed by atoms with E-state index < -0.39 is 21.1 Å². The van der Waals surface area contributed by atoms with Crippen LogP contribution in [0, 0.1) is 10.1 Å². The van der Waals surface area contributed by atoms with Gasteiger partial charge in [-0.3, -0.25) is 10.1 Å². The molecule has 23 heavy (non-hydrogen) atoms. The van der Waals surface area contributed by atoms with E-state index in [0.717, 1.165) is 0 Å². The molecule has 1 aromatic carbocycles. The number of non-ortho nitro benzene ring substituents is 1. The average Bonchev–Trinajstić information content (AvgIpc) is 2.41. The molecule has 9 nitrogen and oxygen atoms in total. The van der Waals surface area contributed by atoms with E-state index in [1.165, 1.54) is 24.5 Å². The van der Waals surface area contributed by atoms with E-state index in [1.807, 2.05) is 0 Å². The number of ether oxygens (including phenoxy) is 1. The Morgan fingerprint density at radius 3 is 2.65 bits per heavy atom. The fraction of sp³-hybridized carbons (Fsp3) is 0.462. The van der Waals surface area contributed by atoms with Crippen LogP contribution in [0.5, 0.6) is 5.75 Å². The molecule has 1 rings (SSSR count). The zero-order chi connectivity index (χ0) is 17.5. The van der Waals surface area contributed by atoms with Crippen LogP contribution in [-0.4, -0.2) is 45.3 Å². The SMILES string of the molecule is C[SH](O)(Cc1cc(OCCCCO)cc([N+](=O)[O-])c1)=NC(=O)O. The highest BCUT2D eigenvalue weighted by atomic mass is 32.3. The number of carbonyl (C=O) groups is 1. The molecule has 0 spiro atoms. The third kappa shape index (κ3) is 7.17. The number of thiol groups is 1. The number of unbranched alkanes of at least 4 members (excludes halogenated alkanes) is 1. The molecule has 0 atom stereocenters. The zero-order valence-corrected chi connectivity index (χ0v) is 13.5. The lowest BCUT2D eigenvalue weighted by atomic mass is 10.2. The van der Waals surface area contributed by atoms with E-state index in [1.54, 1.807) is 0 Å². The summed E-state index contributed by atoms with van der Waals surface area (Å²) in [5.74, 6) is 0.149. The molecule has 0 aliphatic heterocycles. The normalized spacial score (nSPS) is 11.8. The minimum Gasteiger partial charge on any atom is -0.493 e. The third-order valence-electron chi connectivity index (χ3n) is 2.77. The van der Waals surface area contributed by atoms with Gasteiger partial charge in [-0.25, -0.2) is 4.79 Å². The van der Waals surface area contributed by atoms with Gasteiger partial charge in [0.2, 0.25) is 0 Å². The molecule has 0 aliphatic rings. The smallest absolute Gasteiger partial charge is 0.437 e. The van der Waals surface area contributed by atoms with Crippen molar-refractivity contribution < 1.29 is 29.2 Å². The molecule has 10 heteroatoms. The Hall–Kier alpha value is -2.04. The fourth-order valence-electron chi connectivity index (χ4n) is 1.89. The van der Waals surface area contributed by atoms with Gasteiger partial charge in [-0.05, 0) is 30.7 Å². The van der Waals surface area contributed by atoms with E-state index in [2.05, 4.69) is 4.36 Å². The highest BCUT2D eigenvalue weighted by molar-refractivity contribution is 7.98. The summed E-state index contributed by atoms with van der Waals surface area (Å²) in [6, 6.07) is 4.02. The quantitative estimate of drug-likeness (QED) is 0.244. The highest BCUT2D eigenvalue weighted by Crippen LogP contribution is 2.25. The van der Waals surface area contributed by atoms with Crippen LogP contribution < -0.4 is 4.74 Å². The van der Waals surface area contributed by atoms with Crippen molar-refractivity contribution in [2.45, 2.75) is 18.6 Å². The maximum absolute atomic E-state index is 11.0. The predicted molar refractivity (Wildman–Crippen MR) is 86.4 cm³/mol. The number of aliphatic hydroxyl groups excluding tert-OH is 1. The van der Waals surface area contributed by atoms with Crippen molar-refractivity contribution in [2.75, 3.05) is 19.5 Å². The van der Waals surface area contributed by atoms with Crippen LogP contribution in [0.25, 0.3) is 0 Å². The van der Waals surface area contributed by atoms with Crippen molar-refractivity contribution in [1.82, 2.24) is 0 Å². The first-order valence-corrected chi connectivity index (χ1v) is 9.13. The number of nitrogens with zero attached hydrogens (tertiary/aromatic N) is 2. The highest BCUT2D eigenvalue weighted by Gasteiger charge is 2.14. The molecule has 1 amide bonds. The van der Waals surface area contributed by atoms with Crippen molar-refractivity contribution in [2.24, 2.45) is 4.36 Å². The van der Waals surface area contributed by atoms with Gasteiger partial charge in [-0.1, -0.05) is 10.1 Å². The number of hydrogen-bond acceptors (Lipinski definition) is 5. The van der Waals surface area contributed by atoms with Gasteiger partial charge in [0.25, 0.3) is 5.69 Å². The van der Waals surface area contributed by atoms with Crippen LogP contribution in [0.4, 0.5) is 10.5 Å². The topological polar surface area (TPSA) is 142 Å². The number of nitro benzene ring substituents is 1. The van der Waals surface area contributed by atoms with Crippen LogP contribution >= 0.6 is 0 Å². The van der Waals surface area contributed by atoms with Crippen molar-refractivity contribution in [3.05, 3.63) is 33.9 Å². The summed E-state index contributed by atoms with van der Waals surface area (Å²) in [6.45, 7) is 0.319. The van der Waals surface area contributed by atoms with E-state index >= 15 is 0 Å². The van der Waals surface area contributed by atoms with Crippen molar-refractivity contribution >= 4 is 21.9 Å². The number of amides is 1. The molecule has 0 aromatic heterocycles. The molecule has 0 radical (unpaired) electrons. The summed E-state index contributed by atoms with van der Waals surface area (Å²) in [5, 5.41) is 28.3. The first kappa shape index (κ1) is 19.0. The molecular formula is C13H20N2O7S. The van der Waals surface area contributed by atoms with Gasteiger partial charge < -0.3 is 19.5 Å². The monoisotopic (exact) mass is 348 g/mol. The maximum atomic E-state index is 11.0. The third-order valence-corrected chi connectivity index (χ3v) is 4.33. The Morgan fingerprint density at radius 1 is 1.39 bits per heavy atom. The van der Waals surface area contributed by atoms with Crippen molar-refractivity contribution in [3.63, 3.8) is 0 Å². The maximum Gasteiger partial charge on any atom is 0.437 e. The number of aliphatic hydroxyl groups is 1. The Morgan fingerprint density at radius 2 is 2.09 bits per heavy atom. The Kier molecular flexibility index (Phi) is 7.07. The van der Waals surface area contributed by atoms with Crippen LogP contribution in [0.1, 0.15) is 18.4 Å². The molecule has 0 saturated heterocycles. The molecule has 0 unspecified atom stereocenters. The first-order valence-electron chi connectivity index (χ1n) is 6.80. The Bertz CT molecular complexity index is 627. The van der Waals surface area contributed by atoms with Crippen LogP contribution in [-0.2, 0) is 15.9 Å². The molecule has 130 valence electrons. The second kappa shape index (κ2) is 8.56. The number of nitro groups is 1. The van der Waals surface area contributed by atoms with Gasteiger partial charge in [0.05, 0.1) is 17.6 Å². The van der Waals surface area contributed by atoms with E-state index in [4.69, 9.17) is 14.9 Å². The molecule has 1 aromatic rings. The lowest BCUT2D eigenvalue weighted by Crippen LogP contribution is -2.13. The molecule has 0 bridgehead atoms. The summed E-state index contributed by atoms with van der Waals surface area (Å²) >= 11 is 0. The fourth-order valence-corrected chi connectivity index (χ4v) is 3.21. The van der Waals surface area contributed by atoms with Crippen molar-refractivity contribution in [3.8, 4) is 5.75 Å². The Balaban J connectivity index is 3.00. The second-order valence-electron chi connectivity index (χ2n) is 5.00. The first-order chi connectivity index (χ1) is 10.7. The standard InChI is InChI=1S/C13H20N2O7S/c1-23(21,14-13(17)18)9-10-6-11(15(19)20)8-12(7-10)22-5-3-2-4-16/h6-8,16,23H,2-5,9H2,1H3,(H,14,21)(H,17,18). The van der Waals surface area contributed by atoms with Crippen LogP contribution in [0.3, 0.4) is 0 Å². The number of hydrogen-bond donors (Lipinski definition) is 4. The lowest BCUT2D eigenvalue weighted by Gasteiger charge is -2.17. The largest absolute Gasteiger partial charge is 0.493 e. The van der Waals surface area contributed by atoms with Gasteiger partial charge in [0.15, 0.2) is 0 Å². The number of benzene rings is 1. The van der Waals surface area contributed by atoms with Crippen LogP contribution in [0.15, 0.2) is 22.6 Å². The minimum absolute atomic E-state index is 0.0353.